The van der Waals surface area contributed by atoms with Gasteiger partial charge in [-0.25, -0.2) is 10.8 Å². The quantitative estimate of drug-likeness (QED) is 0.315. The zero-order chi connectivity index (χ0) is 17.1. The maximum atomic E-state index is 11.0. The molecule has 0 radical (unpaired) electrons. The fourth-order valence-electron chi connectivity index (χ4n) is 2.14. The van der Waals surface area contributed by atoms with Gasteiger partial charge in [0.1, 0.15) is 11.4 Å². The van der Waals surface area contributed by atoms with Crippen molar-refractivity contribution in [3.8, 4) is 17.0 Å². The number of imidazole rings is 1. The van der Waals surface area contributed by atoms with E-state index in [-0.39, 0.29) is 12.3 Å². The van der Waals surface area contributed by atoms with E-state index in [1.165, 1.54) is 12.3 Å². The van der Waals surface area contributed by atoms with Crippen molar-refractivity contribution >= 4 is 17.2 Å². The summed E-state index contributed by atoms with van der Waals surface area (Å²) in [4.78, 5) is 25.8. The van der Waals surface area contributed by atoms with Gasteiger partial charge in [0.25, 0.3) is 11.6 Å². The molecule has 9 nitrogen and oxygen atoms in total. The van der Waals surface area contributed by atoms with E-state index in [1.54, 1.807) is 40.9 Å². The number of pyridine rings is 1. The molecule has 24 heavy (non-hydrogen) atoms. The maximum Gasteiger partial charge on any atom is 0.286 e. The molecule has 0 aliphatic carbocycles. The highest BCUT2D eigenvalue weighted by Gasteiger charge is 2.10. The van der Waals surface area contributed by atoms with Crippen molar-refractivity contribution in [2.45, 2.75) is 0 Å². The van der Waals surface area contributed by atoms with Crippen molar-refractivity contribution in [3.05, 3.63) is 58.9 Å². The number of benzene rings is 1. The molecule has 0 aliphatic heterocycles. The third-order valence-electron chi connectivity index (χ3n) is 3.33. The molecule has 0 spiro atoms. The Morgan fingerprint density at radius 1 is 1.25 bits per heavy atom. The van der Waals surface area contributed by atoms with E-state index in [1.807, 2.05) is 5.43 Å². The number of nitro groups is 1. The van der Waals surface area contributed by atoms with E-state index in [2.05, 4.69) is 4.98 Å². The van der Waals surface area contributed by atoms with Gasteiger partial charge < -0.3 is 4.74 Å². The highest BCUT2D eigenvalue weighted by Crippen LogP contribution is 2.23. The number of ether oxygens (including phenoxy) is 1. The summed E-state index contributed by atoms with van der Waals surface area (Å²) in [5.41, 5.74) is 4.06. The van der Waals surface area contributed by atoms with Crippen LogP contribution in [0.4, 0.5) is 5.69 Å². The Morgan fingerprint density at radius 2 is 2.00 bits per heavy atom. The highest BCUT2D eigenvalue weighted by molar-refractivity contribution is 5.76. The third kappa shape index (κ3) is 3.15. The lowest BCUT2D eigenvalue weighted by atomic mass is 10.2. The molecule has 0 unspecified atom stereocenters. The molecule has 2 heterocycles. The average molecular weight is 327 g/mol. The fourth-order valence-corrected chi connectivity index (χ4v) is 2.14. The second-order valence-corrected chi connectivity index (χ2v) is 4.92. The van der Waals surface area contributed by atoms with Crippen LogP contribution in [-0.2, 0) is 4.79 Å². The van der Waals surface area contributed by atoms with Crippen molar-refractivity contribution in [2.75, 3.05) is 6.61 Å². The number of hydrogen-bond acceptors (Lipinski definition) is 6. The minimum Gasteiger partial charge on any atom is -0.484 e. The van der Waals surface area contributed by atoms with E-state index >= 15 is 0 Å². The van der Waals surface area contributed by atoms with Crippen molar-refractivity contribution in [1.29, 1.82) is 0 Å². The van der Waals surface area contributed by atoms with E-state index in [0.29, 0.717) is 17.1 Å². The van der Waals surface area contributed by atoms with Gasteiger partial charge in [-0.2, -0.15) is 0 Å². The smallest absolute Gasteiger partial charge is 0.286 e. The summed E-state index contributed by atoms with van der Waals surface area (Å²) in [5.74, 6) is 5.06. The van der Waals surface area contributed by atoms with E-state index in [4.69, 9.17) is 10.6 Å². The predicted molar refractivity (Wildman–Crippen MR) is 85.1 cm³/mol. The van der Waals surface area contributed by atoms with Crippen LogP contribution in [0, 0.1) is 10.1 Å². The summed E-state index contributed by atoms with van der Waals surface area (Å²) < 4.78 is 6.86. The lowest BCUT2D eigenvalue weighted by Crippen LogP contribution is -2.34. The van der Waals surface area contributed by atoms with Gasteiger partial charge in [0.15, 0.2) is 6.61 Å². The Hall–Kier alpha value is -3.46. The second kappa shape index (κ2) is 6.34. The van der Waals surface area contributed by atoms with Gasteiger partial charge in [0.2, 0.25) is 0 Å². The zero-order valence-corrected chi connectivity index (χ0v) is 12.4. The molecule has 0 bridgehead atoms. The van der Waals surface area contributed by atoms with E-state index in [9.17, 15) is 14.9 Å². The molecule has 9 heteroatoms. The normalized spacial score (nSPS) is 10.5. The van der Waals surface area contributed by atoms with Crippen LogP contribution in [0.5, 0.6) is 5.75 Å². The predicted octanol–water partition coefficient (Wildman–Crippen LogP) is 1.28. The van der Waals surface area contributed by atoms with Gasteiger partial charge in [-0.1, -0.05) is 0 Å². The SMILES string of the molecule is NNC(=O)COc1ccc(-c2cn3cc([N+](=O)[O-])ccc3n2)cc1. The van der Waals surface area contributed by atoms with Crippen LogP contribution in [0.25, 0.3) is 16.9 Å². The summed E-state index contributed by atoms with van der Waals surface area (Å²) in [6.45, 7) is -0.173. The van der Waals surface area contributed by atoms with Crippen LogP contribution in [0.3, 0.4) is 0 Å². The molecule has 3 rings (SSSR count). The van der Waals surface area contributed by atoms with E-state index < -0.39 is 10.8 Å². The molecule has 122 valence electrons. The Balaban J connectivity index is 1.82. The topological polar surface area (TPSA) is 125 Å². The summed E-state index contributed by atoms with van der Waals surface area (Å²) in [7, 11) is 0. The first-order valence-electron chi connectivity index (χ1n) is 6.92. The number of carbonyl (C=O) groups excluding carboxylic acids is 1. The number of amides is 1. The van der Waals surface area contributed by atoms with Crippen LogP contribution in [-0.4, -0.2) is 26.8 Å². The van der Waals surface area contributed by atoms with Crippen molar-refractivity contribution in [1.82, 2.24) is 14.8 Å². The first-order valence-corrected chi connectivity index (χ1v) is 6.92. The van der Waals surface area contributed by atoms with Crippen LogP contribution in [0.1, 0.15) is 0 Å². The number of hydrazine groups is 1. The summed E-state index contributed by atoms with van der Waals surface area (Å²) in [5, 5.41) is 10.8. The molecule has 0 atom stereocenters. The van der Waals surface area contributed by atoms with Gasteiger partial charge in [-0.05, 0) is 30.3 Å². The summed E-state index contributed by atoms with van der Waals surface area (Å²) in [6.07, 6.45) is 3.12. The number of aromatic nitrogens is 2. The van der Waals surface area contributed by atoms with Crippen molar-refractivity contribution in [3.63, 3.8) is 0 Å². The number of carbonyl (C=O) groups is 1. The summed E-state index contributed by atoms with van der Waals surface area (Å²) >= 11 is 0. The van der Waals surface area contributed by atoms with Gasteiger partial charge in [0, 0.05) is 17.8 Å². The number of rotatable bonds is 5. The molecule has 3 aromatic rings. The Bertz CT molecular complexity index is 904. The summed E-state index contributed by atoms with van der Waals surface area (Å²) in [6, 6.07) is 9.96. The number of nitrogens with one attached hydrogen (secondary N) is 1. The zero-order valence-electron chi connectivity index (χ0n) is 12.4. The first kappa shape index (κ1) is 15.4. The van der Waals surface area contributed by atoms with Crippen LogP contribution < -0.4 is 16.0 Å². The van der Waals surface area contributed by atoms with Gasteiger partial charge in [0.05, 0.1) is 16.8 Å². The van der Waals surface area contributed by atoms with Gasteiger partial charge in [-0.15, -0.1) is 0 Å². The molecule has 0 saturated carbocycles. The van der Waals surface area contributed by atoms with Crippen LogP contribution in [0.15, 0.2) is 48.8 Å². The van der Waals surface area contributed by atoms with Crippen LogP contribution in [0.2, 0.25) is 0 Å². The fraction of sp³-hybridized carbons (Fsp3) is 0.0667. The van der Waals surface area contributed by atoms with Crippen LogP contribution >= 0.6 is 0 Å². The Morgan fingerprint density at radius 3 is 2.67 bits per heavy atom. The number of nitrogens with zero attached hydrogens (tertiary/aromatic N) is 3. The lowest BCUT2D eigenvalue weighted by Gasteiger charge is -2.05. The maximum absolute atomic E-state index is 11.0. The number of fused-ring (bicyclic) bond motifs is 1. The van der Waals surface area contributed by atoms with Crippen molar-refractivity contribution in [2.24, 2.45) is 5.84 Å². The molecular weight excluding hydrogens is 314 g/mol. The largest absolute Gasteiger partial charge is 0.484 e. The molecule has 0 saturated heterocycles. The average Bonchev–Trinajstić information content (AvgIpc) is 3.03. The molecule has 1 amide bonds. The van der Waals surface area contributed by atoms with Gasteiger partial charge >= 0.3 is 0 Å². The number of hydrogen-bond donors (Lipinski definition) is 2. The monoisotopic (exact) mass is 327 g/mol. The van der Waals surface area contributed by atoms with Gasteiger partial charge in [-0.3, -0.25) is 24.7 Å². The molecule has 0 aliphatic rings. The molecule has 3 N–H and O–H groups in total. The minimum absolute atomic E-state index is 0.00613. The minimum atomic E-state index is -0.456. The lowest BCUT2D eigenvalue weighted by molar-refractivity contribution is -0.385. The first-order chi connectivity index (χ1) is 11.6. The number of nitrogens with two attached hydrogens (primary N) is 1. The second-order valence-electron chi connectivity index (χ2n) is 4.92. The Kier molecular flexibility index (Phi) is 4.08. The Labute approximate surface area is 135 Å². The third-order valence-corrected chi connectivity index (χ3v) is 3.33. The van der Waals surface area contributed by atoms with E-state index in [0.717, 1.165) is 5.56 Å². The molecule has 1 aromatic carbocycles. The molecule has 0 fully saturated rings. The highest BCUT2D eigenvalue weighted by atomic mass is 16.6. The van der Waals surface area contributed by atoms with Crippen molar-refractivity contribution < 1.29 is 14.5 Å². The molecular formula is C15H13N5O4. The molecule has 2 aromatic heterocycles. The standard InChI is InChI=1S/C15H13N5O4/c16-18-15(21)9-24-12-4-1-10(2-5-12)13-8-19-7-11(20(22)23)3-6-14(19)17-13/h1-8H,9,16H2,(H,18,21).